The average Bonchev–Trinajstić information content (AvgIpc) is 2.45. The van der Waals surface area contributed by atoms with Crippen molar-refractivity contribution < 1.29 is 9.53 Å². The molecule has 0 unspecified atom stereocenters. The summed E-state index contributed by atoms with van der Waals surface area (Å²) in [4.78, 5) is 16.5. The lowest BCUT2D eigenvalue weighted by molar-refractivity contribution is -0.0679. The van der Waals surface area contributed by atoms with Gasteiger partial charge in [0.2, 0.25) is 0 Å². The largest absolute Gasteiger partial charge is 0.376 e. The number of hydrogen-bond acceptors (Lipinski definition) is 5. The highest BCUT2D eigenvalue weighted by molar-refractivity contribution is 5.95. The molecule has 1 amide bonds. The highest BCUT2D eigenvalue weighted by Crippen LogP contribution is 2.34. The molecule has 0 bridgehead atoms. The number of carbonyl (C=O) groups is 1. The van der Waals surface area contributed by atoms with Crippen LogP contribution in [0.15, 0.2) is 12.1 Å². The van der Waals surface area contributed by atoms with Crippen LogP contribution in [0.2, 0.25) is 0 Å². The average molecular weight is 278 g/mol. The molecular formula is C14H22N4O2. The maximum Gasteiger partial charge on any atom is 0.251 e. The van der Waals surface area contributed by atoms with Crippen molar-refractivity contribution in [3.63, 3.8) is 0 Å². The first kappa shape index (κ1) is 14.7. The maximum absolute atomic E-state index is 12.2. The molecule has 0 radical (unpaired) electrons. The lowest BCUT2D eigenvalue weighted by atomic mass is 9.80. The number of nitrogens with two attached hydrogens (primary N) is 1. The number of carbonyl (C=O) groups excluding carboxylic acids is 1. The van der Waals surface area contributed by atoms with Crippen LogP contribution in [0.25, 0.3) is 0 Å². The lowest BCUT2D eigenvalue weighted by Crippen LogP contribution is -2.49. The van der Waals surface area contributed by atoms with Gasteiger partial charge >= 0.3 is 0 Å². The minimum absolute atomic E-state index is 0.123. The number of hydrogen-bond donors (Lipinski definition) is 3. The zero-order valence-corrected chi connectivity index (χ0v) is 12.0. The Labute approximate surface area is 119 Å². The number of rotatable bonds is 6. The van der Waals surface area contributed by atoms with E-state index in [4.69, 9.17) is 10.6 Å². The van der Waals surface area contributed by atoms with Crippen LogP contribution in [0, 0.1) is 0 Å². The van der Waals surface area contributed by atoms with E-state index < -0.39 is 0 Å². The molecule has 0 atom stereocenters. The van der Waals surface area contributed by atoms with E-state index in [1.54, 1.807) is 19.2 Å². The molecule has 0 saturated heterocycles. The Morgan fingerprint density at radius 1 is 1.50 bits per heavy atom. The van der Waals surface area contributed by atoms with Gasteiger partial charge in [0.15, 0.2) is 0 Å². The first-order valence-electron chi connectivity index (χ1n) is 6.93. The van der Waals surface area contributed by atoms with Crippen molar-refractivity contribution in [2.75, 3.05) is 19.1 Å². The van der Waals surface area contributed by atoms with Crippen molar-refractivity contribution in [2.45, 2.75) is 38.2 Å². The minimum atomic E-state index is -0.175. The minimum Gasteiger partial charge on any atom is -0.376 e. The number of amides is 1. The molecule has 0 spiro atoms. The SMILES string of the molecule is CCc1cc(C(=O)NCC2(OC)CCC2)cc(NN)n1. The van der Waals surface area contributed by atoms with Crippen LogP contribution in [0.1, 0.15) is 42.2 Å². The van der Waals surface area contributed by atoms with Crippen molar-refractivity contribution in [2.24, 2.45) is 5.84 Å². The zero-order valence-electron chi connectivity index (χ0n) is 12.0. The van der Waals surface area contributed by atoms with Gasteiger partial charge in [0, 0.05) is 24.9 Å². The number of aryl methyl sites for hydroxylation is 1. The monoisotopic (exact) mass is 278 g/mol. The molecule has 1 aromatic rings. The van der Waals surface area contributed by atoms with Crippen LogP contribution in [0.3, 0.4) is 0 Å². The quantitative estimate of drug-likeness (QED) is 0.538. The van der Waals surface area contributed by atoms with E-state index in [2.05, 4.69) is 15.7 Å². The second-order valence-electron chi connectivity index (χ2n) is 5.15. The third-order valence-electron chi connectivity index (χ3n) is 3.92. The summed E-state index contributed by atoms with van der Waals surface area (Å²) in [6.07, 6.45) is 3.89. The van der Waals surface area contributed by atoms with Crippen LogP contribution in [0.5, 0.6) is 0 Å². The van der Waals surface area contributed by atoms with Gasteiger partial charge in [-0.3, -0.25) is 4.79 Å². The topological polar surface area (TPSA) is 89.3 Å². The second-order valence-corrected chi connectivity index (χ2v) is 5.15. The number of nitrogens with one attached hydrogen (secondary N) is 2. The first-order valence-corrected chi connectivity index (χ1v) is 6.93. The van der Waals surface area contributed by atoms with E-state index in [1.807, 2.05) is 6.92 Å². The van der Waals surface area contributed by atoms with Gasteiger partial charge in [-0.1, -0.05) is 6.92 Å². The number of pyridine rings is 1. The fourth-order valence-corrected chi connectivity index (χ4v) is 2.34. The van der Waals surface area contributed by atoms with Crippen LogP contribution in [-0.4, -0.2) is 30.1 Å². The summed E-state index contributed by atoms with van der Waals surface area (Å²) in [6, 6.07) is 3.44. The van der Waals surface area contributed by atoms with Crippen LogP contribution in [-0.2, 0) is 11.2 Å². The Hall–Kier alpha value is -1.66. The Morgan fingerprint density at radius 3 is 2.75 bits per heavy atom. The number of aromatic nitrogens is 1. The highest BCUT2D eigenvalue weighted by Gasteiger charge is 2.37. The van der Waals surface area contributed by atoms with Gasteiger partial charge in [0.1, 0.15) is 5.82 Å². The van der Waals surface area contributed by atoms with Crippen LogP contribution < -0.4 is 16.6 Å². The van der Waals surface area contributed by atoms with Gasteiger partial charge in [-0.15, -0.1) is 0 Å². The van der Waals surface area contributed by atoms with Gasteiger partial charge in [-0.2, -0.15) is 0 Å². The Bertz CT molecular complexity index is 458. The van der Waals surface area contributed by atoms with Crippen molar-refractivity contribution >= 4 is 11.7 Å². The molecule has 2 rings (SSSR count). The summed E-state index contributed by atoms with van der Waals surface area (Å²) < 4.78 is 5.49. The predicted octanol–water partition coefficient (Wildman–Crippen LogP) is 1.23. The molecule has 6 nitrogen and oxygen atoms in total. The number of methoxy groups -OCH3 is 1. The highest BCUT2D eigenvalue weighted by atomic mass is 16.5. The summed E-state index contributed by atoms with van der Waals surface area (Å²) in [5, 5.41) is 2.93. The van der Waals surface area contributed by atoms with E-state index in [1.165, 1.54) is 0 Å². The molecule has 1 heterocycles. The molecule has 1 aromatic heterocycles. The normalized spacial score (nSPS) is 16.4. The number of nitrogen functional groups attached to an aromatic ring is 1. The number of anilines is 1. The van der Waals surface area contributed by atoms with Gasteiger partial charge in [-0.25, -0.2) is 10.8 Å². The molecule has 0 aliphatic heterocycles. The number of hydrazine groups is 1. The molecular weight excluding hydrogens is 256 g/mol. The van der Waals surface area contributed by atoms with Gasteiger partial charge in [-0.05, 0) is 37.8 Å². The van der Waals surface area contributed by atoms with E-state index in [-0.39, 0.29) is 11.5 Å². The molecule has 1 fully saturated rings. The Kier molecular flexibility index (Phi) is 4.57. The Morgan fingerprint density at radius 2 is 2.25 bits per heavy atom. The summed E-state index contributed by atoms with van der Waals surface area (Å²) in [5.74, 6) is 5.75. The molecule has 110 valence electrons. The summed E-state index contributed by atoms with van der Waals surface area (Å²) in [6.45, 7) is 2.52. The number of nitrogens with zero attached hydrogens (tertiary/aromatic N) is 1. The van der Waals surface area contributed by atoms with E-state index in [0.29, 0.717) is 17.9 Å². The van der Waals surface area contributed by atoms with Gasteiger partial charge in [0.05, 0.1) is 5.60 Å². The molecule has 1 aliphatic rings. The van der Waals surface area contributed by atoms with Crippen LogP contribution in [0.4, 0.5) is 5.82 Å². The number of ether oxygens (including phenoxy) is 1. The fourth-order valence-electron chi connectivity index (χ4n) is 2.34. The first-order chi connectivity index (χ1) is 9.62. The standard InChI is InChI=1S/C14H22N4O2/c1-3-11-7-10(8-12(17-11)18-15)13(19)16-9-14(20-2)5-4-6-14/h7-8H,3-6,9,15H2,1-2H3,(H,16,19)(H,17,18). The molecule has 4 N–H and O–H groups in total. The maximum atomic E-state index is 12.2. The lowest BCUT2D eigenvalue weighted by Gasteiger charge is -2.40. The molecule has 20 heavy (non-hydrogen) atoms. The summed E-state index contributed by atoms with van der Waals surface area (Å²) in [5.41, 5.74) is 3.71. The summed E-state index contributed by atoms with van der Waals surface area (Å²) in [7, 11) is 1.70. The van der Waals surface area contributed by atoms with Crippen molar-refractivity contribution in [1.82, 2.24) is 10.3 Å². The van der Waals surface area contributed by atoms with E-state index >= 15 is 0 Å². The summed E-state index contributed by atoms with van der Waals surface area (Å²) >= 11 is 0. The zero-order chi connectivity index (χ0) is 14.6. The fraction of sp³-hybridized carbons (Fsp3) is 0.571. The smallest absolute Gasteiger partial charge is 0.251 e. The molecule has 1 saturated carbocycles. The van der Waals surface area contributed by atoms with E-state index in [0.717, 1.165) is 31.4 Å². The van der Waals surface area contributed by atoms with Crippen molar-refractivity contribution in [3.8, 4) is 0 Å². The molecule has 0 aromatic carbocycles. The Balaban J connectivity index is 2.04. The molecule has 1 aliphatic carbocycles. The van der Waals surface area contributed by atoms with Gasteiger partial charge in [0.25, 0.3) is 5.91 Å². The van der Waals surface area contributed by atoms with E-state index in [9.17, 15) is 4.79 Å². The van der Waals surface area contributed by atoms with Crippen molar-refractivity contribution in [1.29, 1.82) is 0 Å². The van der Waals surface area contributed by atoms with Crippen molar-refractivity contribution in [3.05, 3.63) is 23.4 Å². The van der Waals surface area contributed by atoms with Crippen LogP contribution >= 0.6 is 0 Å². The predicted molar refractivity (Wildman–Crippen MR) is 77.3 cm³/mol. The third-order valence-corrected chi connectivity index (χ3v) is 3.92. The second kappa shape index (κ2) is 6.19. The third kappa shape index (κ3) is 3.08. The van der Waals surface area contributed by atoms with Gasteiger partial charge < -0.3 is 15.5 Å². The molecule has 6 heteroatoms.